The summed E-state index contributed by atoms with van der Waals surface area (Å²) in [6.07, 6.45) is 2.84. The Bertz CT molecular complexity index is 1320. The lowest BCUT2D eigenvalue weighted by Gasteiger charge is -2.08. The van der Waals surface area contributed by atoms with E-state index in [1.54, 1.807) is 26.1 Å². The number of hydrogen-bond donors (Lipinski definition) is 1. The monoisotopic (exact) mass is 404 g/mol. The number of rotatable bonds is 4. The molecule has 0 spiro atoms. The number of carbonyl (C=O) groups excluding carboxylic acids is 1. The number of hydrogen-bond acceptors (Lipinski definition) is 6. The first-order valence-corrected chi connectivity index (χ1v) is 9.30. The molecule has 30 heavy (non-hydrogen) atoms. The molecule has 1 amide bonds. The van der Waals surface area contributed by atoms with E-state index in [4.69, 9.17) is 9.15 Å². The number of nitrogens with zero attached hydrogens (tertiary/aromatic N) is 3. The Labute approximate surface area is 172 Å². The lowest BCUT2D eigenvalue weighted by molar-refractivity contribution is 0.102. The van der Waals surface area contributed by atoms with Crippen molar-refractivity contribution in [2.45, 2.75) is 20.8 Å². The minimum Gasteiger partial charge on any atom is -0.442 e. The molecule has 0 fully saturated rings. The maximum atomic E-state index is 12.8. The van der Waals surface area contributed by atoms with Crippen LogP contribution < -0.4 is 15.6 Å². The van der Waals surface area contributed by atoms with Crippen LogP contribution in [0.5, 0.6) is 11.6 Å². The first-order chi connectivity index (χ1) is 14.3. The third-order valence-electron chi connectivity index (χ3n) is 4.87. The summed E-state index contributed by atoms with van der Waals surface area (Å²) < 4.78 is 12.5. The normalized spacial score (nSPS) is 10.9. The quantitative estimate of drug-likeness (QED) is 0.554. The highest BCUT2D eigenvalue weighted by molar-refractivity contribution is 6.12. The summed E-state index contributed by atoms with van der Waals surface area (Å²) in [5.41, 5.74) is 2.71. The predicted molar refractivity (Wildman–Crippen MR) is 112 cm³/mol. The van der Waals surface area contributed by atoms with Crippen molar-refractivity contribution in [2.75, 3.05) is 5.32 Å². The van der Waals surface area contributed by atoms with Gasteiger partial charge >= 0.3 is 0 Å². The number of furan rings is 1. The van der Waals surface area contributed by atoms with Gasteiger partial charge in [0.25, 0.3) is 11.5 Å². The van der Waals surface area contributed by atoms with E-state index in [-0.39, 0.29) is 22.2 Å². The van der Waals surface area contributed by atoms with Gasteiger partial charge in [0, 0.05) is 13.1 Å². The Kier molecular flexibility index (Phi) is 4.83. The first kappa shape index (κ1) is 19.4. The lowest BCUT2D eigenvalue weighted by Crippen LogP contribution is -2.20. The molecule has 0 bridgehead atoms. The molecule has 0 saturated carbocycles. The Morgan fingerprint density at radius 2 is 1.90 bits per heavy atom. The molecular weight excluding hydrogens is 384 g/mol. The van der Waals surface area contributed by atoms with Crippen LogP contribution in [0.25, 0.3) is 11.1 Å². The van der Waals surface area contributed by atoms with Gasteiger partial charge in [0.15, 0.2) is 0 Å². The fraction of sp³-hybridized carbons (Fsp3) is 0.182. The standard InChI is InChI=1S/C22H20N4O4/c1-12-5-7-16(9-13(12)2)30-17-8-6-15(10-23-17)25-20(27)18-14(3)29-21-19(18)22(28)26(4)11-24-21/h5-11H,1-4H3,(H,25,27). The largest absolute Gasteiger partial charge is 0.442 e. The topological polar surface area (TPSA) is 99.2 Å². The molecule has 152 valence electrons. The van der Waals surface area contributed by atoms with Crippen molar-refractivity contribution < 1.29 is 13.9 Å². The minimum absolute atomic E-state index is 0.135. The van der Waals surface area contributed by atoms with Gasteiger partial charge in [-0.15, -0.1) is 0 Å². The van der Waals surface area contributed by atoms with E-state index in [0.717, 1.165) is 5.56 Å². The fourth-order valence-corrected chi connectivity index (χ4v) is 3.07. The summed E-state index contributed by atoms with van der Waals surface area (Å²) in [5, 5.41) is 2.89. The van der Waals surface area contributed by atoms with Crippen LogP contribution in [-0.4, -0.2) is 20.4 Å². The highest BCUT2D eigenvalue weighted by Crippen LogP contribution is 2.24. The molecule has 4 aromatic rings. The maximum absolute atomic E-state index is 12.8. The molecule has 4 rings (SSSR count). The number of fused-ring (bicyclic) bond motifs is 1. The number of ether oxygens (including phenoxy) is 1. The number of aromatic nitrogens is 3. The molecule has 0 aliphatic carbocycles. The number of aryl methyl sites for hydroxylation is 4. The Balaban J connectivity index is 1.55. The summed E-state index contributed by atoms with van der Waals surface area (Å²) in [7, 11) is 1.57. The number of pyridine rings is 1. The molecule has 1 aromatic carbocycles. The van der Waals surface area contributed by atoms with Crippen LogP contribution in [0.15, 0.2) is 52.1 Å². The highest BCUT2D eigenvalue weighted by Gasteiger charge is 2.22. The predicted octanol–water partition coefficient (Wildman–Crippen LogP) is 3.89. The van der Waals surface area contributed by atoms with E-state index in [1.807, 2.05) is 32.0 Å². The van der Waals surface area contributed by atoms with Gasteiger partial charge in [-0.1, -0.05) is 6.07 Å². The van der Waals surface area contributed by atoms with E-state index in [1.165, 1.54) is 22.7 Å². The van der Waals surface area contributed by atoms with Crippen molar-refractivity contribution in [1.29, 1.82) is 0 Å². The average molecular weight is 404 g/mol. The fourth-order valence-electron chi connectivity index (χ4n) is 3.07. The van der Waals surface area contributed by atoms with Gasteiger partial charge in [0.2, 0.25) is 11.6 Å². The van der Waals surface area contributed by atoms with Crippen molar-refractivity contribution in [2.24, 2.45) is 7.05 Å². The second-order valence-electron chi connectivity index (χ2n) is 7.06. The van der Waals surface area contributed by atoms with E-state index in [2.05, 4.69) is 15.3 Å². The number of amides is 1. The van der Waals surface area contributed by atoms with Gasteiger partial charge in [-0.05, 0) is 50.1 Å². The van der Waals surface area contributed by atoms with Crippen molar-refractivity contribution >= 4 is 22.7 Å². The van der Waals surface area contributed by atoms with E-state index in [9.17, 15) is 9.59 Å². The zero-order valence-corrected chi connectivity index (χ0v) is 17.0. The number of nitrogens with one attached hydrogen (secondary N) is 1. The van der Waals surface area contributed by atoms with Gasteiger partial charge in [-0.3, -0.25) is 9.59 Å². The van der Waals surface area contributed by atoms with Crippen LogP contribution in [-0.2, 0) is 7.05 Å². The van der Waals surface area contributed by atoms with Crippen LogP contribution in [0.2, 0.25) is 0 Å². The average Bonchev–Trinajstić information content (AvgIpc) is 3.06. The van der Waals surface area contributed by atoms with Crippen LogP contribution in [0.4, 0.5) is 5.69 Å². The van der Waals surface area contributed by atoms with E-state index >= 15 is 0 Å². The van der Waals surface area contributed by atoms with Crippen LogP contribution in [0.1, 0.15) is 27.2 Å². The van der Waals surface area contributed by atoms with Crippen LogP contribution in [0, 0.1) is 20.8 Å². The number of benzene rings is 1. The molecule has 1 N–H and O–H groups in total. The summed E-state index contributed by atoms with van der Waals surface area (Å²) in [6.45, 7) is 5.67. The van der Waals surface area contributed by atoms with Crippen molar-refractivity contribution in [3.8, 4) is 11.6 Å². The van der Waals surface area contributed by atoms with Crippen LogP contribution >= 0.6 is 0 Å². The molecule has 0 radical (unpaired) electrons. The smallest absolute Gasteiger partial charge is 0.265 e. The zero-order valence-electron chi connectivity index (χ0n) is 17.0. The van der Waals surface area contributed by atoms with Gasteiger partial charge in [0.05, 0.1) is 17.4 Å². The summed E-state index contributed by atoms with van der Waals surface area (Å²) in [5.74, 6) is 0.937. The second kappa shape index (κ2) is 7.47. The number of carbonyl (C=O) groups is 1. The van der Waals surface area contributed by atoms with Gasteiger partial charge in [-0.25, -0.2) is 9.97 Å². The second-order valence-corrected chi connectivity index (χ2v) is 7.06. The molecule has 0 unspecified atom stereocenters. The number of anilines is 1. The Morgan fingerprint density at radius 3 is 2.60 bits per heavy atom. The SMILES string of the molecule is Cc1ccc(Oc2ccc(NC(=O)c3c(C)oc4ncn(C)c(=O)c34)cn2)cc1C. The minimum atomic E-state index is -0.471. The first-order valence-electron chi connectivity index (χ1n) is 9.30. The summed E-state index contributed by atoms with van der Waals surface area (Å²) in [4.78, 5) is 33.6. The lowest BCUT2D eigenvalue weighted by atomic mass is 10.1. The molecule has 3 heterocycles. The highest BCUT2D eigenvalue weighted by atomic mass is 16.5. The van der Waals surface area contributed by atoms with E-state index in [0.29, 0.717) is 23.1 Å². The molecule has 0 aliphatic heterocycles. The third kappa shape index (κ3) is 3.55. The zero-order chi connectivity index (χ0) is 21.4. The van der Waals surface area contributed by atoms with Crippen molar-refractivity contribution in [3.05, 3.63) is 75.7 Å². The third-order valence-corrected chi connectivity index (χ3v) is 4.87. The maximum Gasteiger partial charge on any atom is 0.265 e. The molecule has 0 atom stereocenters. The molecular formula is C22H20N4O4. The Hall–Kier alpha value is -3.94. The van der Waals surface area contributed by atoms with Gasteiger partial charge in [-0.2, -0.15) is 0 Å². The summed E-state index contributed by atoms with van der Waals surface area (Å²) in [6, 6.07) is 9.13. The summed E-state index contributed by atoms with van der Waals surface area (Å²) >= 11 is 0. The molecule has 0 saturated heterocycles. The van der Waals surface area contributed by atoms with Crippen LogP contribution in [0.3, 0.4) is 0 Å². The molecule has 8 heteroatoms. The molecule has 3 aromatic heterocycles. The van der Waals surface area contributed by atoms with Crippen molar-refractivity contribution in [3.63, 3.8) is 0 Å². The molecule has 8 nitrogen and oxygen atoms in total. The van der Waals surface area contributed by atoms with E-state index < -0.39 is 5.91 Å². The molecule has 0 aliphatic rings. The van der Waals surface area contributed by atoms with Crippen molar-refractivity contribution in [1.82, 2.24) is 14.5 Å². The van der Waals surface area contributed by atoms with Gasteiger partial charge < -0.3 is 19.0 Å². The van der Waals surface area contributed by atoms with Gasteiger partial charge in [0.1, 0.15) is 23.2 Å². The Morgan fingerprint density at radius 1 is 1.10 bits per heavy atom.